The van der Waals surface area contributed by atoms with Crippen molar-refractivity contribution in [2.24, 2.45) is 0 Å². The highest BCUT2D eigenvalue weighted by Crippen LogP contribution is 2.50. The monoisotopic (exact) mass is 184 g/mol. The molecule has 2 rings (SSSR count). The molecule has 1 aliphatic heterocycles. The zero-order valence-electron chi connectivity index (χ0n) is 8.10. The molecular formula is C13H12O. The zero-order chi connectivity index (χ0) is 10.0. The summed E-state index contributed by atoms with van der Waals surface area (Å²) >= 11 is 0. The summed E-state index contributed by atoms with van der Waals surface area (Å²) in [5.74, 6) is 2.48. The smallest absolute Gasteiger partial charge is 0.116 e. The van der Waals surface area contributed by atoms with Crippen LogP contribution in [0.15, 0.2) is 42.5 Å². The zero-order valence-corrected chi connectivity index (χ0v) is 8.10. The Morgan fingerprint density at radius 2 is 2.14 bits per heavy atom. The van der Waals surface area contributed by atoms with Crippen LogP contribution in [-0.2, 0) is 4.74 Å². The van der Waals surface area contributed by atoms with E-state index in [1.165, 1.54) is 5.56 Å². The third-order valence-electron chi connectivity index (χ3n) is 2.45. The molecule has 1 heterocycles. The highest BCUT2D eigenvalue weighted by Gasteiger charge is 2.50. The predicted octanol–water partition coefficient (Wildman–Crippen LogP) is 2.71. The maximum Gasteiger partial charge on any atom is 0.116 e. The molecule has 1 fully saturated rings. The number of terminal acetylenes is 1. The standard InChI is InChI=1S/C13H12O/c1-3-4-10-13(2)12(14-13)11-8-6-5-7-9-11/h1,4-10,12H,2H3/b10-4+. The molecule has 0 amide bonds. The second-order valence-corrected chi connectivity index (χ2v) is 3.59. The molecule has 0 aromatic heterocycles. The van der Waals surface area contributed by atoms with Crippen molar-refractivity contribution < 1.29 is 4.74 Å². The van der Waals surface area contributed by atoms with E-state index < -0.39 is 0 Å². The SMILES string of the molecule is C#C/C=C/C1(C)OC1c1ccccc1. The quantitative estimate of drug-likeness (QED) is 0.508. The molecule has 0 spiro atoms. The summed E-state index contributed by atoms with van der Waals surface area (Å²) in [6.07, 6.45) is 8.95. The molecule has 1 aromatic rings. The van der Waals surface area contributed by atoms with Crippen molar-refractivity contribution in [3.63, 3.8) is 0 Å². The predicted molar refractivity (Wildman–Crippen MR) is 56.6 cm³/mol. The summed E-state index contributed by atoms with van der Waals surface area (Å²) in [6.45, 7) is 2.04. The lowest BCUT2D eigenvalue weighted by molar-refractivity contribution is 0.345. The van der Waals surface area contributed by atoms with Gasteiger partial charge in [-0.15, -0.1) is 6.42 Å². The molecule has 14 heavy (non-hydrogen) atoms. The minimum Gasteiger partial charge on any atom is -0.357 e. The number of hydrogen-bond acceptors (Lipinski definition) is 1. The van der Waals surface area contributed by atoms with Gasteiger partial charge in [-0.05, 0) is 24.6 Å². The van der Waals surface area contributed by atoms with Gasteiger partial charge >= 0.3 is 0 Å². The van der Waals surface area contributed by atoms with Gasteiger partial charge in [0.1, 0.15) is 11.7 Å². The van der Waals surface area contributed by atoms with Crippen molar-refractivity contribution >= 4 is 0 Å². The van der Waals surface area contributed by atoms with E-state index in [1.54, 1.807) is 6.08 Å². The van der Waals surface area contributed by atoms with Crippen LogP contribution < -0.4 is 0 Å². The third kappa shape index (κ3) is 1.57. The molecule has 0 N–H and O–H groups in total. The van der Waals surface area contributed by atoms with E-state index in [-0.39, 0.29) is 11.7 Å². The first-order valence-corrected chi connectivity index (χ1v) is 4.63. The lowest BCUT2D eigenvalue weighted by atomic mass is 10.0. The maximum absolute atomic E-state index is 5.61. The second-order valence-electron chi connectivity index (χ2n) is 3.59. The van der Waals surface area contributed by atoms with Gasteiger partial charge in [0.25, 0.3) is 0 Å². The average Bonchev–Trinajstić information content (AvgIpc) is 2.90. The largest absolute Gasteiger partial charge is 0.357 e. The number of epoxide rings is 1. The Hall–Kier alpha value is -1.52. The molecule has 0 bridgehead atoms. The summed E-state index contributed by atoms with van der Waals surface area (Å²) in [7, 11) is 0. The normalized spacial score (nSPS) is 30.1. The van der Waals surface area contributed by atoms with E-state index in [1.807, 2.05) is 31.2 Å². The topological polar surface area (TPSA) is 12.5 Å². The van der Waals surface area contributed by atoms with Gasteiger partial charge in [0.05, 0.1) is 0 Å². The first kappa shape index (κ1) is 9.05. The fourth-order valence-electron chi connectivity index (χ4n) is 1.59. The van der Waals surface area contributed by atoms with Gasteiger partial charge in [0.2, 0.25) is 0 Å². The minimum absolute atomic E-state index is 0.160. The van der Waals surface area contributed by atoms with Crippen molar-refractivity contribution in [3.05, 3.63) is 48.0 Å². The van der Waals surface area contributed by atoms with Crippen molar-refractivity contribution in [2.75, 3.05) is 0 Å². The Balaban J connectivity index is 2.13. The van der Waals surface area contributed by atoms with E-state index in [0.29, 0.717) is 0 Å². The van der Waals surface area contributed by atoms with Crippen LogP contribution in [0, 0.1) is 12.3 Å². The Morgan fingerprint density at radius 1 is 1.43 bits per heavy atom. The van der Waals surface area contributed by atoms with Crippen LogP contribution in [0.25, 0.3) is 0 Å². The molecule has 0 aliphatic carbocycles. The van der Waals surface area contributed by atoms with Gasteiger partial charge in [0.15, 0.2) is 0 Å². The summed E-state index contributed by atoms with van der Waals surface area (Å²) in [4.78, 5) is 0. The first-order chi connectivity index (χ1) is 6.76. The van der Waals surface area contributed by atoms with E-state index >= 15 is 0 Å². The van der Waals surface area contributed by atoms with Crippen LogP contribution in [0.5, 0.6) is 0 Å². The Labute approximate surface area is 84.4 Å². The van der Waals surface area contributed by atoms with Crippen LogP contribution in [0.2, 0.25) is 0 Å². The fourth-order valence-corrected chi connectivity index (χ4v) is 1.59. The van der Waals surface area contributed by atoms with Crippen LogP contribution in [0.1, 0.15) is 18.6 Å². The molecule has 1 saturated heterocycles. The summed E-state index contributed by atoms with van der Waals surface area (Å²) in [6, 6.07) is 10.2. The molecule has 2 atom stereocenters. The average molecular weight is 184 g/mol. The van der Waals surface area contributed by atoms with Gasteiger partial charge in [-0.25, -0.2) is 0 Å². The Kier molecular flexibility index (Phi) is 2.15. The van der Waals surface area contributed by atoms with Crippen LogP contribution in [0.3, 0.4) is 0 Å². The number of benzene rings is 1. The molecule has 1 nitrogen and oxygen atoms in total. The summed E-state index contributed by atoms with van der Waals surface area (Å²) in [5.41, 5.74) is 1.00. The number of allylic oxidation sites excluding steroid dienone is 1. The van der Waals surface area contributed by atoms with Crippen molar-refractivity contribution in [3.8, 4) is 12.3 Å². The summed E-state index contributed by atoms with van der Waals surface area (Å²) in [5, 5.41) is 0. The summed E-state index contributed by atoms with van der Waals surface area (Å²) < 4.78 is 5.61. The highest BCUT2D eigenvalue weighted by molar-refractivity contribution is 5.31. The van der Waals surface area contributed by atoms with E-state index in [9.17, 15) is 0 Å². The van der Waals surface area contributed by atoms with Gasteiger partial charge in [-0.2, -0.15) is 0 Å². The third-order valence-corrected chi connectivity index (χ3v) is 2.45. The lowest BCUT2D eigenvalue weighted by Crippen LogP contribution is -2.00. The molecule has 1 aromatic carbocycles. The molecule has 0 radical (unpaired) electrons. The van der Waals surface area contributed by atoms with Crippen molar-refractivity contribution in [1.82, 2.24) is 0 Å². The van der Waals surface area contributed by atoms with Gasteiger partial charge in [-0.1, -0.05) is 36.3 Å². The Bertz CT molecular complexity index is 385. The van der Waals surface area contributed by atoms with Crippen LogP contribution in [-0.4, -0.2) is 5.60 Å². The van der Waals surface area contributed by atoms with Gasteiger partial charge < -0.3 is 4.74 Å². The Morgan fingerprint density at radius 3 is 2.79 bits per heavy atom. The maximum atomic E-state index is 5.61. The van der Waals surface area contributed by atoms with Crippen molar-refractivity contribution in [1.29, 1.82) is 0 Å². The van der Waals surface area contributed by atoms with E-state index in [0.717, 1.165) is 0 Å². The fraction of sp³-hybridized carbons (Fsp3) is 0.231. The van der Waals surface area contributed by atoms with E-state index in [4.69, 9.17) is 11.2 Å². The van der Waals surface area contributed by atoms with Crippen molar-refractivity contribution in [2.45, 2.75) is 18.6 Å². The number of hydrogen-bond donors (Lipinski definition) is 0. The van der Waals surface area contributed by atoms with Crippen LogP contribution in [0.4, 0.5) is 0 Å². The van der Waals surface area contributed by atoms with Gasteiger partial charge in [-0.3, -0.25) is 0 Å². The van der Waals surface area contributed by atoms with E-state index in [2.05, 4.69) is 18.1 Å². The van der Waals surface area contributed by atoms with Crippen LogP contribution >= 0.6 is 0 Å². The van der Waals surface area contributed by atoms with Gasteiger partial charge in [0, 0.05) is 0 Å². The lowest BCUT2D eigenvalue weighted by Gasteiger charge is -1.97. The number of rotatable bonds is 2. The molecular weight excluding hydrogens is 172 g/mol. The second kappa shape index (κ2) is 3.32. The highest BCUT2D eigenvalue weighted by atomic mass is 16.6. The molecule has 2 unspecified atom stereocenters. The molecule has 70 valence electrons. The minimum atomic E-state index is -0.201. The molecule has 1 aliphatic rings. The first-order valence-electron chi connectivity index (χ1n) is 4.63. The number of ether oxygens (including phenoxy) is 1. The molecule has 0 saturated carbocycles. The molecule has 1 heteroatoms.